The minimum Gasteiger partial charge on any atom is -0.481 e. The predicted octanol–water partition coefficient (Wildman–Crippen LogP) is 4.07. The zero-order valence-corrected chi connectivity index (χ0v) is 18.7. The fraction of sp³-hybridized carbons (Fsp3) is 0.348. The van der Waals surface area contributed by atoms with Gasteiger partial charge in [0.1, 0.15) is 17.0 Å². The molecule has 0 amide bonds. The molecule has 7 nitrogen and oxygen atoms in total. The molecular formula is C23H24ClFN2O5. The molecule has 2 heterocycles. The van der Waals surface area contributed by atoms with Crippen LogP contribution in [0, 0.1) is 11.7 Å². The first-order valence-corrected chi connectivity index (χ1v) is 10.5. The van der Waals surface area contributed by atoms with E-state index >= 15 is 0 Å². The van der Waals surface area contributed by atoms with Crippen LogP contribution in [-0.4, -0.2) is 39.5 Å². The second-order valence-corrected chi connectivity index (χ2v) is 8.04. The van der Waals surface area contributed by atoms with Gasteiger partial charge in [0.15, 0.2) is 0 Å². The lowest BCUT2D eigenvalue weighted by Gasteiger charge is -2.26. The van der Waals surface area contributed by atoms with Crippen molar-refractivity contribution < 1.29 is 24.1 Å². The molecule has 0 saturated heterocycles. The molecule has 0 aliphatic carbocycles. The summed E-state index contributed by atoms with van der Waals surface area (Å²) < 4.78 is 21.4. The van der Waals surface area contributed by atoms with Crippen LogP contribution in [0.15, 0.2) is 35.3 Å². The number of hydrogen-bond acceptors (Lipinski definition) is 5. The molecule has 3 aromatic rings. The molecule has 0 bridgehead atoms. The van der Waals surface area contributed by atoms with Crippen molar-refractivity contribution in [2.45, 2.75) is 32.7 Å². The van der Waals surface area contributed by atoms with Crippen molar-refractivity contribution in [3.05, 3.63) is 68.2 Å². The zero-order valence-electron chi connectivity index (χ0n) is 17.9. The first kappa shape index (κ1) is 23.7. The molecule has 0 saturated carbocycles. The number of carbonyl (C=O) groups is 1. The van der Waals surface area contributed by atoms with Gasteiger partial charge in [-0.25, -0.2) is 9.18 Å². The third kappa shape index (κ3) is 4.33. The van der Waals surface area contributed by atoms with E-state index < -0.39 is 28.8 Å². The Hall–Kier alpha value is -2.97. The molecule has 0 fully saturated rings. The van der Waals surface area contributed by atoms with Gasteiger partial charge in [-0.1, -0.05) is 44.0 Å². The molecule has 0 aliphatic heterocycles. The minimum atomic E-state index is -1.38. The number of carboxylic acid groups (broad SMARTS) is 1. The van der Waals surface area contributed by atoms with E-state index in [4.69, 9.17) is 16.3 Å². The number of nitrogens with zero attached hydrogens (tertiary/aromatic N) is 2. The van der Waals surface area contributed by atoms with Gasteiger partial charge in [-0.15, -0.1) is 0 Å². The number of carboxylic acids is 1. The molecule has 9 heteroatoms. The number of benzene rings is 1. The van der Waals surface area contributed by atoms with Crippen LogP contribution in [0.4, 0.5) is 4.39 Å². The monoisotopic (exact) mass is 462 g/mol. The van der Waals surface area contributed by atoms with Crippen LogP contribution in [0.3, 0.4) is 0 Å². The second-order valence-electron chi connectivity index (χ2n) is 7.64. The average Bonchev–Trinajstić information content (AvgIpc) is 2.78. The van der Waals surface area contributed by atoms with Gasteiger partial charge >= 0.3 is 5.97 Å². The van der Waals surface area contributed by atoms with E-state index in [1.165, 1.54) is 30.0 Å². The summed E-state index contributed by atoms with van der Waals surface area (Å²) in [5.74, 6) is -1.84. The highest BCUT2D eigenvalue weighted by molar-refractivity contribution is 6.30. The fourth-order valence-corrected chi connectivity index (χ4v) is 3.90. The Balaban J connectivity index is 2.32. The van der Waals surface area contributed by atoms with Crippen LogP contribution < -0.4 is 10.2 Å². The first-order chi connectivity index (χ1) is 15.2. The minimum absolute atomic E-state index is 0.0274. The third-order valence-corrected chi connectivity index (χ3v) is 6.02. The van der Waals surface area contributed by atoms with Crippen molar-refractivity contribution in [2.75, 3.05) is 13.7 Å². The first-order valence-electron chi connectivity index (χ1n) is 10.1. The van der Waals surface area contributed by atoms with Crippen molar-refractivity contribution >= 4 is 28.6 Å². The lowest BCUT2D eigenvalue weighted by Crippen LogP contribution is -2.27. The number of aromatic carboxylic acids is 1. The fourth-order valence-electron chi connectivity index (χ4n) is 3.71. The molecule has 170 valence electrons. The summed E-state index contributed by atoms with van der Waals surface area (Å²) in [6.45, 7) is 3.59. The van der Waals surface area contributed by atoms with Gasteiger partial charge in [0.25, 0.3) is 0 Å². The highest BCUT2D eigenvalue weighted by Crippen LogP contribution is 2.29. The quantitative estimate of drug-likeness (QED) is 0.523. The molecule has 32 heavy (non-hydrogen) atoms. The van der Waals surface area contributed by atoms with E-state index in [0.717, 1.165) is 0 Å². The molecule has 0 aliphatic rings. The Kier molecular flexibility index (Phi) is 7.16. The number of aliphatic hydroxyl groups is 1. The lowest BCUT2D eigenvalue weighted by atomic mass is 9.98. The molecule has 0 spiro atoms. The number of aromatic nitrogens is 2. The van der Waals surface area contributed by atoms with Gasteiger partial charge in [-0.05, 0) is 23.6 Å². The van der Waals surface area contributed by atoms with Crippen molar-refractivity contribution in [1.82, 2.24) is 9.55 Å². The highest BCUT2D eigenvalue weighted by Gasteiger charge is 2.25. The maximum Gasteiger partial charge on any atom is 0.341 e. The van der Waals surface area contributed by atoms with Gasteiger partial charge < -0.3 is 19.5 Å². The number of halogens is 2. The van der Waals surface area contributed by atoms with Crippen molar-refractivity contribution in [3.8, 4) is 5.88 Å². The number of methoxy groups -OCH3 is 1. The Morgan fingerprint density at radius 1 is 1.34 bits per heavy atom. The van der Waals surface area contributed by atoms with Crippen LogP contribution >= 0.6 is 11.6 Å². The topological polar surface area (TPSA) is 102 Å². The average molecular weight is 463 g/mol. The summed E-state index contributed by atoms with van der Waals surface area (Å²) in [7, 11) is 1.40. The normalized spacial score (nSPS) is 13.2. The molecular weight excluding hydrogens is 439 g/mol. The van der Waals surface area contributed by atoms with E-state index in [2.05, 4.69) is 4.98 Å². The number of hydrogen-bond donors (Lipinski definition) is 2. The van der Waals surface area contributed by atoms with E-state index in [1.54, 1.807) is 12.1 Å². The predicted molar refractivity (Wildman–Crippen MR) is 119 cm³/mol. The van der Waals surface area contributed by atoms with E-state index in [-0.39, 0.29) is 46.4 Å². The summed E-state index contributed by atoms with van der Waals surface area (Å²) >= 11 is 5.88. The van der Waals surface area contributed by atoms with Gasteiger partial charge in [0.05, 0.1) is 30.2 Å². The zero-order chi connectivity index (χ0) is 23.6. The number of pyridine rings is 2. The number of ether oxygens (including phenoxy) is 1. The molecule has 3 rings (SSSR count). The van der Waals surface area contributed by atoms with Crippen molar-refractivity contribution in [2.24, 2.45) is 5.92 Å². The van der Waals surface area contributed by atoms with E-state index in [9.17, 15) is 24.2 Å². The SMILES string of the molecule is CCC(C)[C@@H](CO)n1cc(C(=O)O)c(=O)c2cc(Cc3cccc(Cl)c3F)c(OC)nc21. The summed E-state index contributed by atoms with van der Waals surface area (Å²) in [5.41, 5.74) is -0.291. The van der Waals surface area contributed by atoms with E-state index in [1.807, 2.05) is 13.8 Å². The maximum absolute atomic E-state index is 14.5. The molecule has 0 radical (unpaired) electrons. The number of aliphatic hydroxyl groups excluding tert-OH is 1. The van der Waals surface area contributed by atoms with Gasteiger partial charge in [0, 0.05) is 18.2 Å². The number of rotatable bonds is 8. The molecule has 2 atom stereocenters. The molecule has 1 unspecified atom stereocenters. The molecule has 2 N–H and O–H groups in total. The summed E-state index contributed by atoms with van der Waals surface area (Å²) in [6.07, 6.45) is 1.96. The van der Waals surface area contributed by atoms with Crippen molar-refractivity contribution in [1.29, 1.82) is 0 Å². The third-order valence-electron chi connectivity index (χ3n) is 5.73. The largest absolute Gasteiger partial charge is 0.481 e. The van der Waals surface area contributed by atoms with Gasteiger partial charge in [-0.3, -0.25) is 4.79 Å². The summed E-state index contributed by atoms with van der Waals surface area (Å²) in [6, 6.07) is 5.56. The summed E-state index contributed by atoms with van der Waals surface area (Å²) in [4.78, 5) is 29.2. The Morgan fingerprint density at radius 3 is 2.66 bits per heavy atom. The smallest absolute Gasteiger partial charge is 0.341 e. The summed E-state index contributed by atoms with van der Waals surface area (Å²) in [5, 5.41) is 19.6. The Labute approximate surface area is 189 Å². The standard InChI is InChI=1S/C23H24ClFN2O5/c1-4-12(2)18(11-28)27-10-16(23(30)31)20(29)15-9-14(22(32-3)26-21(15)27)8-13-6-5-7-17(24)19(13)25/h5-7,9-10,12,18,28H,4,8,11H2,1-3H3,(H,30,31)/t12?,18-/m1/s1. The van der Waals surface area contributed by atoms with Crippen LogP contribution in [0.5, 0.6) is 5.88 Å². The Bertz CT molecular complexity index is 1230. The highest BCUT2D eigenvalue weighted by atomic mass is 35.5. The van der Waals surface area contributed by atoms with Crippen LogP contribution in [-0.2, 0) is 6.42 Å². The maximum atomic E-state index is 14.5. The van der Waals surface area contributed by atoms with Gasteiger partial charge in [-0.2, -0.15) is 4.98 Å². The van der Waals surface area contributed by atoms with Crippen molar-refractivity contribution in [3.63, 3.8) is 0 Å². The van der Waals surface area contributed by atoms with Crippen LogP contribution in [0.2, 0.25) is 5.02 Å². The van der Waals surface area contributed by atoms with Crippen LogP contribution in [0.1, 0.15) is 47.8 Å². The number of fused-ring (bicyclic) bond motifs is 1. The Morgan fingerprint density at radius 2 is 2.06 bits per heavy atom. The second kappa shape index (κ2) is 9.67. The lowest BCUT2D eigenvalue weighted by molar-refractivity contribution is 0.0693. The molecule has 1 aromatic carbocycles. The van der Waals surface area contributed by atoms with E-state index in [0.29, 0.717) is 12.0 Å². The van der Waals surface area contributed by atoms with Gasteiger partial charge in [0.2, 0.25) is 11.3 Å². The van der Waals surface area contributed by atoms with Crippen LogP contribution in [0.25, 0.3) is 11.0 Å². The molecule has 2 aromatic heterocycles.